The number of carbonyl (C=O) groups excluding carboxylic acids is 1. The van der Waals surface area contributed by atoms with Gasteiger partial charge >= 0.3 is 5.97 Å². The van der Waals surface area contributed by atoms with Gasteiger partial charge in [0.2, 0.25) is 0 Å². The number of aromatic amines is 2. The average Bonchev–Trinajstić information content (AvgIpc) is 3.33. The van der Waals surface area contributed by atoms with Crippen molar-refractivity contribution in [1.82, 2.24) is 15.0 Å². The van der Waals surface area contributed by atoms with Gasteiger partial charge in [-0.05, 0) is 37.6 Å². The lowest BCUT2D eigenvalue weighted by Crippen LogP contribution is -2.03. The molecule has 7 heteroatoms. The van der Waals surface area contributed by atoms with Gasteiger partial charge in [-0.1, -0.05) is 0 Å². The monoisotopic (exact) mass is 352 g/mol. The zero-order valence-electron chi connectivity index (χ0n) is 14.0. The van der Waals surface area contributed by atoms with E-state index in [-0.39, 0.29) is 5.97 Å². The Morgan fingerprint density at radius 3 is 2.88 bits per heavy atom. The molecule has 0 aliphatic rings. The smallest absolute Gasteiger partial charge is 0.339 e. The fourth-order valence-electron chi connectivity index (χ4n) is 2.66. The van der Waals surface area contributed by atoms with Gasteiger partial charge in [-0.15, -0.1) is 11.3 Å². The molecule has 3 aromatic rings. The van der Waals surface area contributed by atoms with Gasteiger partial charge in [0, 0.05) is 23.0 Å². The van der Waals surface area contributed by atoms with E-state index in [1.807, 2.05) is 31.4 Å². The molecular formula is C18H16N4O2S. The van der Waals surface area contributed by atoms with E-state index in [0.29, 0.717) is 21.8 Å². The van der Waals surface area contributed by atoms with E-state index in [0.717, 1.165) is 22.6 Å². The van der Waals surface area contributed by atoms with Crippen molar-refractivity contribution in [3.8, 4) is 17.5 Å². The third kappa shape index (κ3) is 3.12. The van der Waals surface area contributed by atoms with Crippen molar-refractivity contribution < 1.29 is 9.53 Å². The molecule has 3 heterocycles. The molecule has 0 amide bonds. The Hall–Kier alpha value is -3.11. The second-order valence-electron chi connectivity index (χ2n) is 5.45. The van der Waals surface area contributed by atoms with Gasteiger partial charge in [0.15, 0.2) is 0 Å². The molecule has 0 spiro atoms. The fourth-order valence-corrected chi connectivity index (χ4v) is 3.43. The molecule has 0 saturated carbocycles. The summed E-state index contributed by atoms with van der Waals surface area (Å²) in [5, 5.41) is 11.9. The van der Waals surface area contributed by atoms with Crippen LogP contribution in [-0.4, -0.2) is 28.0 Å². The lowest BCUT2D eigenvalue weighted by atomic mass is 10.1. The Bertz CT molecular complexity index is 987. The maximum absolute atomic E-state index is 11.9. The highest BCUT2D eigenvalue weighted by Crippen LogP contribution is 2.31. The Kier molecular flexibility index (Phi) is 4.55. The highest BCUT2D eigenvalue weighted by molar-refractivity contribution is 7.11. The van der Waals surface area contributed by atoms with E-state index in [4.69, 9.17) is 4.74 Å². The second-order valence-corrected chi connectivity index (χ2v) is 6.31. The molecule has 2 N–H and O–H groups in total. The number of aryl methyl sites for hydroxylation is 1. The first kappa shape index (κ1) is 16.7. The Morgan fingerprint density at radius 2 is 2.24 bits per heavy atom. The van der Waals surface area contributed by atoms with Crippen LogP contribution in [-0.2, 0) is 4.74 Å². The first-order chi connectivity index (χ1) is 12.0. The van der Waals surface area contributed by atoms with Crippen molar-refractivity contribution in [2.45, 2.75) is 13.8 Å². The Balaban J connectivity index is 2.00. The molecule has 0 aliphatic heterocycles. The van der Waals surface area contributed by atoms with Crippen molar-refractivity contribution >= 4 is 29.0 Å². The molecule has 0 radical (unpaired) electrons. The number of nitrogens with zero attached hydrogens (tertiary/aromatic N) is 2. The van der Waals surface area contributed by atoms with Gasteiger partial charge in [0.25, 0.3) is 0 Å². The van der Waals surface area contributed by atoms with E-state index in [9.17, 15) is 10.1 Å². The molecule has 0 fully saturated rings. The minimum absolute atomic E-state index is 0.377. The van der Waals surface area contributed by atoms with Crippen LogP contribution < -0.4 is 0 Å². The number of H-pyrrole nitrogens is 2. The predicted octanol–water partition coefficient (Wildman–Crippen LogP) is 3.93. The van der Waals surface area contributed by atoms with Crippen LogP contribution in [0.3, 0.4) is 0 Å². The van der Waals surface area contributed by atoms with Crippen molar-refractivity contribution in [3.63, 3.8) is 0 Å². The van der Waals surface area contributed by atoms with Crippen LogP contribution in [0.15, 0.2) is 23.7 Å². The first-order valence-electron chi connectivity index (χ1n) is 7.54. The topological polar surface area (TPSA) is 94.6 Å². The molecule has 0 bridgehead atoms. The van der Waals surface area contributed by atoms with Gasteiger partial charge < -0.3 is 14.7 Å². The number of hydrogen-bond acceptors (Lipinski definition) is 5. The van der Waals surface area contributed by atoms with Crippen molar-refractivity contribution in [2.24, 2.45) is 0 Å². The third-order valence-electron chi connectivity index (χ3n) is 3.86. The molecule has 0 atom stereocenters. The van der Waals surface area contributed by atoms with Gasteiger partial charge in [0.1, 0.15) is 11.1 Å². The summed E-state index contributed by atoms with van der Waals surface area (Å²) in [7, 11) is 1.36. The summed E-state index contributed by atoms with van der Waals surface area (Å²) in [6.45, 7) is 3.67. The standard InChI is InChI=1S/C18H16N4O2S/c1-10-15(18(23)24-3)11(2)21-16(10)14-9-25-17(22-14)12(8-19)7-13-5-4-6-20-13/h4-7,9,20-21H,1-3H3/b12-7+. The van der Waals surface area contributed by atoms with E-state index in [1.165, 1.54) is 18.4 Å². The minimum Gasteiger partial charge on any atom is -0.465 e. The van der Waals surface area contributed by atoms with E-state index in [2.05, 4.69) is 21.0 Å². The van der Waals surface area contributed by atoms with Gasteiger partial charge in [-0.2, -0.15) is 5.26 Å². The second kappa shape index (κ2) is 6.79. The quantitative estimate of drug-likeness (QED) is 0.549. The number of rotatable bonds is 4. The number of allylic oxidation sites excluding steroid dienone is 1. The van der Waals surface area contributed by atoms with E-state index < -0.39 is 0 Å². The number of nitriles is 1. The van der Waals surface area contributed by atoms with Crippen molar-refractivity contribution in [2.75, 3.05) is 7.11 Å². The number of thiazole rings is 1. The van der Waals surface area contributed by atoms with Crippen LogP contribution in [0.1, 0.15) is 32.3 Å². The van der Waals surface area contributed by atoms with Crippen LogP contribution >= 0.6 is 11.3 Å². The normalized spacial score (nSPS) is 11.4. The summed E-state index contributed by atoms with van der Waals surface area (Å²) in [5.74, 6) is -0.377. The molecule has 25 heavy (non-hydrogen) atoms. The number of aromatic nitrogens is 3. The predicted molar refractivity (Wildman–Crippen MR) is 97.0 cm³/mol. The zero-order valence-corrected chi connectivity index (χ0v) is 14.8. The van der Waals surface area contributed by atoms with E-state index >= 15 is 0 Å². The van der Waals surface area contributed by atoms with E-state index in [1.54, 1.807) is 12.3 Å². The maximum Gasteiger partial charge on any atom is 0.339 e. The van der Waals surface area contributed by atoms with Gasteiger partial charge in [-0.25, -0.2) is 9.78 Å². The molecule has 0 saturated heterocycles. The maximum atomic E-state index is 11.9. The average molecular weight is 352 g/mol. The van der Waals surface area contributed by atoms with Crippen LogP contribution in [0.2, 0.25) is 0 Å². The Labute approximate surface area is 148 Å². The van der Waals surface area contributed by atoms with Crippen LogP contribution in [0, 0.1) is 25.2 Å². The summed E-state index contributed by atoms with van der Waals surface area (Å²) < 4.78 is 4.83. The largest absolute Gasteiger partial charge is 0.465 e. The van der Waals surface area contributed by atoms with Crippen molar-refractivity contribution in [1.29, 1.82) is 5.26 Å². The summed E-state index contributed by atoms with van der Waals surface area (Å²) in [5.41, 5.74) is 4.82. The number of ether oxygens (including phenoxy) is 1. The van der Waals surface area contributed by atoms with Gasteiger partial charge in [-0.3, -0.25) is 0 Å². The summed E-state index contributed by atoms with van der Waals surface area (Å²) in [6, 6.07) is 5.94. The fraction of sp³-hybridized carbons (Fsp3) is 0.167. The molecule has 3 rings (SSSR count). The van der Waals surface area contributed by atoms with Gasteiger partial charge in [0.05, 0.1) is 29.6 Å². The lowest BCUT2D eigenvalue weighted by Gasteiger charge is -1.99. The molecule has 126 valence electrons. The molecule has 0 unspecified atom stereocenters. The molecular weight excluding hydrogens is 336 g/mol. The highest BCUT2D eigenvalue weighted by Gasteiger charge is 2.21. The number of carbonyl (C=O) groups is 1. The van der Waals surface area contributed by atoms with Crippen LogP contribution in [0.25, 0.3) is 23.0 Å². The molecule has 3 aromatic heterocycles. The SMILES string of the molecule is COC(=O)c1c(C)[nH]c(-c2csc(/C(C#N)=C/c3ccc[nH]3)n2)c1C. The molecule has 0 aromatic carbocycles. The van der Waals surface area contributed by atoms with Crippen LogP contribution in [0.5, 0.6) is 0 Å². The number of hydrogen-bond donors (Lipinski definition) is 2. The van der Waals surface area contributed by atoms with Crippen LogP contribution in [0.4, 0.5) is 0 Å². The minimum atomic E-state index is -0.377. The molecule has 6 nitrogen and oxygen atoms in total. The first-order valence-corrected chi connectivity index (χ1v) is 8.42. The highest BCUT2D eigenvalue weighted by atomic mass is 32.1. The number of nitrogens with one attached hydrogen (secondary N) is 2. The number of methoxy groups -OCH3 is 1. The lowest BCUT2D eigenvalue weighted by molar-refractivity contribution is 0.0599. The van der Waals surface area contributed by atoms with Crippen molar-refractivity contribution in [3.05, 3.63) is 51.2 Å². The summed E-state index contributed by atoms with van der Waals surface area (Å²) in [6.07, 6.45) is 3.56. The number of esters is 1. The summed E-state index contributed by atoms with van der Waals surface area (Å²) in [4.78, 5) is 22.7. The molecule has 0 aliphatic carbocycles. The Morgan fingerprint density at radius 1 is 1.44 bits per heavy atom. The summed E-state index contributed by atoms with van der Waals surface area (Å²) >= 11 is 1.38. The zero-order chi connectivity index (χ0) is 18.0. The third-order valence-corrected chi connectivity index (χ3v) is 4.74.